The number of benzene rings is 1. The number of nitrogens with one attached hydrogen (secondary N) is 1. The van der Waals surface area contributed by atoms with E-state index < -0.39 is 11.6 Å². The summed E-state index contributed by atoms with van der Waals surface area (Å²) >= 11 is 0. The zero-order valence-corrected chi connectivity index (χ0v) is 14.2. The van der Waals surface area contributed by atoms with Gasteiger partial charge in [-0.15, -0.1) is 0 Å². The average molecular weight is 370 g/mol. The Kier molecular flexibility index (Phi) is 4.31. The molecule has 0 saturated heterocycles. The second-order valence-electron chi connectivity index (χ2n) is 6.42. The lowest BCUT2D eigenvalue weighted by molar-refractivity contribution is -0.605. The van der Waals surface area contributed by atoms with Crippen LogP contribution in [0.25, 0.3) is 5.69 Å². The molecule has 8 heteroatoms. The summed E-state index contributed by atoms with van der Waals surface area (Å²) in [7, 11) is 0. The summed E-state index contributed by atoms with van der Waals surface area (Å²) in [5.41, 5.74) is 2.00. The average Bonchev–Trinajstić information content (AvgIpc) is 3.07. The number of halogens is 2. The molecule has 1 aliphatic rings. The largest absolute Gasteiger partial charge is 0.619 e. The van der Waals surface area contributed by atoms with Crippen molar-refractivity contribution >= 4 is 5.91 Å². The van der Waals surface area contributed by atoms with Gasteiger partial charge in [-0.2, -0.15) is 9.83 Å². The number of rotatable bonds is 3. The molecule has 0 unspecified atom stereocenters. The molecule has 0 saturated carbocycles. The highest BCUT2D eigenvalue weighted by Crippen LogP contribution is 2.31. The first-order chi connectivity index (χ1) is 13.0. The lowest BCUT2D eigenvalue weighted by Gasteiger charge is -2.24. The molecule has 2 heterocycles. The molecule has 1 aliphatic carbocycles. The van der Waals surface area contributed by atoms with E-state index in [1.165, 1.54) is 35.3 Å². The van der Waals surface area contributed by atoms with E-state index in [2.05, 4.69) is 10.4 Å². The van der Waals surface area contributed by atoms with Crippen molar-refractivity contribution in [2.45, 2.75) is 25.3 Å². The van der Waals surface area contributed by atoms with Crippen molar-refractivity contribution in [2.24, 2.45) is 0 Å². The van der Waals surface area contributed by atoms with Crippen LogP contribution in [0.5, 0.6) is 0 Å². The molecular weight excluding hydrogens is 354 g/mol. The highest BCUT2D eigenvalue weighted by Gasteiger charge is 2.27. The van der Waals surface area contributed by atoms with Crippen LogP contribution in [0.1, 0.15) is 40.5 Å². The van der Waals surface area contributed by atoms with Gasteiger partial charge in [-0.05, 0) is 37.5 Å². The third kappa shape index (κ3) is 3.25. The molecule has 3 aromatic rings. The Labute approximate surface area is 153 Å². The number of fused-ring (bicyclic) bond motifs is 1. The summed E-state index contributed by atoms with van der Waals surface area (Å²) in [6, 6.07) is 6.12. The highest BCUT2D eigenvalue weighted by molar-refractivity contribution is 5.93. The van der Waals surface area contributed by atoms with Crippen LogP contribution in [-0.4, -0.2) is 15.7 Å². The third-order valence-corrected chi connectivity index (χ3v) is 4.66. The van der Waals surface area contributed by atoms with E-state index >= 15 is 0 Å². The van der Waals surface area contributed by atoms with Gasteiger partial charge in [0.25, 0.3) is 5.91 Å². The van der Waals surface area contributed by atoms with Gasteiger partial charge in [-0.3, -0.25) is 4.79 Å². The van der Waals surface area contributed by atoms with Crippen molar-refractivity contribution in [3.8, 4) is 5.69 Å². The Hall–Kier alpha value is -3.29. The molecule has 0 aliphatic heterocycles. The third-order valence-electron chi connectivity index (χ3n) is 4.66. The van der Waals surface area contributed by atoms with E-state index in [0.717, 1.165) is 23.7 Å². The van der Waals surface area contributed by atoms with Crippen molar-refractivity contribution in [2.75, 3.05) is 0 Å². The van der Waals surface area contributed by atoms with Gasteiger partial charge >= 0.3 is 0 Å². The lowest BCUT2D eigenvalue weighted by Crippen LogP contribution is -2.33. The van der Waals surface area contributed by atoms with E-state index in [1.54, 1.807) is 12.3 Å². The van der Waals surface area contributed by atoms with Gasteiger partial charge in [0, 0.05) is 23.4 Å². The fourth-order valence-corrected chi connectivity index (χ4v) is 3.40. The number of hydrogen-bond donors (Lipinski definition) is 1. The molecule has 1 atom stereocenters. The van der Waals surface area contributed by atoms with Crippen molar-refractivity contribution in [3.05, 3.63) is 82.6 Å². The summed E-state index contributed by atoms with van der Waals surface area (Å²) in [4.78, 5) is 12.5. The van der Waals surface area contributed by atoms with Crippen molar-refractivity contribution < 1.29 is 18.3 Å². The van der Waals surface area contributed by atoms with Crippen LogP contribution < -0.4 is 10.0 Å². The fourth-order valence-electron chi connectivity index (χ4n) is 3.40. The Balaban J connectivity index is 1.63. The number of aromatic nitrogens is 3. The number of amides is 1. The van der Waals surface area contributed by atoms with Crippen LogP contribution in [0.2, 0.25) is 0 Å². The first-order valence-corrected chi connectivity index (χ1v) is 8.55. The monoisotopic (exact) mass is 370 g/mol. The Morgan fingerprint density at radius 2 is 2.19 bits per heavy atom. The minimum atomic E-state index is -0.698. The molecule has 1 N–H and O–H groups in total. The topological polar surface area (TPSA) is 73.9 Å². The lowest BCUT2D eigenvalue weighted by atomic mass is 9.92. The van der Waals surface area contributed by atoms with E-state index in [4.69, 9.17) is 0 Å². The molecule has 6 nitrogen and oxygen atoms in total. The quantitative estimate of drug-likeness (QED) is 0.569. The normalized spacial score (nSPS) is 16.0. The van der Waals surface area contributed by atoms with Crippen molar-refractivity contribution in [1.29, 1.82) is 0 Å². The Morgan fingerprint density at radius 3 is 2.96 bits per heavy atom. The van der Waals surface area contributed by atoms with Crippen LogP contribution in [0.4, 0.5) is 8.78 Å². The molecule has 1 amide bonds. The van der Waals surface area contributed by atoms with Crippen LogP contribution in [0.3, 0.4) is 0 Å². The number of hydrogen-bond acceptors (Lipinski definition) is 3. The van der Waals surface area contributed by atoms with Gasteiger partial charge in [0.2, 0.25) is 0 Å². The fraction of sp³-hybridized carbons (Fsp3) is 0.211. The van der Waals surface area contributed by atoms with Crippen LogP contribution in [0.15, 0.2) is 48.9 Å². The first kappa shape index (κ1) is 17.1. The van der Waals surface area contributed by atoms with Crippen molar-refractivity contribution in [3.63, 3.8) is 0 Å². The predicted molar refractivity (Wildman–Crippen MR) is 92.0 cm³/mol. The van der Waals surface area contributed by atoms with E-state index in [-0.39, 0.29) is 23.2 Å². The Morgan fingerprint density at radius 1 is 1.33 bits per heavy atom. The first-order valence-electron chi connectivity index (χ1n) is 8.55. The second-order valence-corrected chi connectivity index (χ2v) is 6.42. The summed E-state index contributed by atoms with van der Waals surface area (Å²) in [5, 5.41) is 18.5. The van der Waals surface area contributed by atoms with Crippen LogP contribution in [0, 0.1) is 16.8 Å². The van der Waals surface area contributed by atoms with Gasteiger partial charge in [-0.1, -0.05) is 0 Å². The van der Waals surface area contributed by atoms with E-state index in [1.807, 2.05) is 0 Å². The predicted octanol–water partition coefficient (Wildman–Crippen LogP) is 2.59. The minimum absolute atomic E-state index is 0.167. The molecule has 2 aromatic heterocycles. The maximum Gasteiger partial charge on any atom is 0.257 e. The van der Waals surface area contributed by atoms with E-state index in [0.29, 0.717) is 17.6 Å². The molecule has 0 bridgehead atoms. The zero-order chi connectivity index (χ0) is 19.0. The van der Waals surface area contributed by atoms with Crippen LogP contribution in [-0.2, 0) is 6.42 Å². The maximum atomic E-state index is 14.1. The molecule has 27 heavy (non-hydrogen) atoms. The van der Waals surface area contributed by atoms with Crippen molar-refractivity contribution in [1.82, 2.24) is 15.1 Å². The summed E-state index contributed by atoms with van der Waals surface area (Å²) in [6.07, 6.45) is 6.27. The standard InChI is InChI=1S/C19H16F2N4O2/c20-13-6-7-18(15(21)9-13)25-17-5-1-4-16(14(17)10-22-25)23-19(26)12-3-2-8-24(27)11-12/h2-3,6-11,16H,1,4-5H2,(H,23,26)/t16-/m1/s1. The van der Waals surface area contributed by atoms with Gasteiger partial charge in [0.15, 0.2) is 18.2 Å². The smallest absolute Gasteiger partial charge is 0.257 e. The molecule has 0 radical (unpaired) electrons. The van der Waals surface area contributed by atoms with Gasteiger partial charge in [0.1, 0.15) is 17.1 Å². The minimum Gasteiger partial charge on any atom is -0.619 e. The second kappa shape index (κ2) is 6.79. The maximum absolute atomic E-state index is 14.1. The van der Waals surface area contributed by atoms with Gasteiger partial charge in [0.05, 0.1) is 12.2 Å². The van der Waals surface area contributed by atoms with Gasteiger partial charge < -0.3 is 10.5 Å². The summed E-state index contributed by atoms with van der Waals surface area (Å²) in [5.74, 6) is -1.71. The SMILES string of the molecule is O=C(N[C@@H]1CCCc2c1cnn2-c1ccc(F)cc1F)c1ccc[n+]([O-])c1. The molecule has 138 valence electrons. The number of pyridine rings is 1. The molecule has 4 rings (SSSR count). The zero-order valence-electron chi connectivity index (χ0n) is 14.2. The van der Waals surface area contributed by atoms with Gasteiger partial charge in [-0.25, -0.2) is 13.5 Å². The number of nitrogens with zero attached hydrogens (tertiary/aromatic N) is 3. The summed E-state index contributed by atoms with van der Waals surface area (Å²) < 4.78 is 29.4. The van der Waals surface area contributed by atoms with Crippen LogP contribution >= 0.6 is 0 Å². The highest BCUT2D eigenvalue weighted by atomic mass is 19.1. The number of carbonyl (C=O) groups is 1. The molecule has 0 spiro atoms. The molecular formula is C19H16F2N4O2. The summed E-state index contributed by atoms with van der Waals surface area (Å²) in [6.45, 7) is 0. The molecule has 1 aromatic carbocycles. The molecule has 0 fully saturated rings. The number of carbonyl (C=O) groups excluding carboxylic acids is 1. The van der Waals surface area contributed by atoms with E-state index in [9.17, 15) is 18.8 Å². The Bertz CT molecular complexity index is 1020.